The van der Waals surface area contributed by atoms with Crippen molar-refractivity contribution in [3.8, 4) is 5.75 Å². The molecule has 3 rings (SSSR count). The summed E-state index contributed by atoms with van der Waals surface area (Å²) in [6.45, 7) is 2.47. The third-order valence-electron chi connectivity index (χ3n) is 4.45. The molecule has 0 aromatic heterocycles. The number of benzene rings is 1. The number of primary amides is 1. The molecule has 2 aliphatic rings. The van der Waals surface area contributed by atoms with Gasteiger partial charge >= 0.3 is 0 Å². The number of carbonyl (C=O) groups is 2. The highest BCUT2D eigenvalue weighted by Crippen LogP contribution is 2.33. The lowest BCUT2D eigenvalue weighted by Crippen LogP contribution is -2.51. The van der Waals surface area contributed by atoms with Crippen molar-refractivity contribution in [3.05, 3.63) is 24.3 Å². The molecule has 1 atom stereocenters. The first-order chi connectivity index (χ1) is 11.1. The molecule has 124 valence electrons. The van der Waals surface area contributed by atoms with E-state index in [1.165, 1.54) is 12.8 Å². The number of rotatable bonds is 3. The number of nitrogens with zero attached hydrogens (tertiary/aromatic N) is 2. The number of amides is 2. The van der Waals surface area contributed by atoms with Crippen molar-refractivity contribution >= 4 is 17.5 Å². The van der Waals surface area contributed by atoms with Gasteiger partial charge in [0.2, 0.25) is 5.91 Å². The molecule has 0 bridgehead atoms. The zero-order chi connectivity index (χ0) is 16.2. The molecular formula is C17H23N3O3. The highest BCUT2D eigenvalue weighted by atomic mass is 16.5. The van der Waals surface area contributed by atoms with Crippen molar-refractivity contribution in [2.24, 2.45) is 5.73 Å². The number of hydrogen-bond acceptors (Lipinski definition) is 4. The number of fused-ring (bicyclic) bond motifs is 1. The smallest absolute Gasteiger partial charge is 0.260 e. The van der Waals surface area contributed by atoms with E-state index in [9.17, 15) is 9.59 Å². The Kier molecular flexibility index (Phi) is 4.81. The molecule has 1 saturated heterocycles. The van der Waals surface area contributed by atoms with E-state index in [0.717, 1.165) is 25.9 Å². The molecule has 1 aromatic carbocycles. The van der Waals surface area contributed by atoms with Gasteiger partial charge in [-0.05, 0) is 38.1 Å². The Bertz CT molecular complexity index is 582. The second-order valence-electron chi connectivity index (χ2n) is 6.17. The molecule has 1 aromatic rings. The van der Waals surface area contributed by atoms with Gasteiger partial charge in [-0.3, -0.25) is 14.5 Å². The molecule has 0 unspecified atom stereocenters. The van der Waals surface area contributed by atoms with Crippen LogP contribution in [0.4, 0.5) is 5.69 Å². The number of para-hydroxylation sites is 2. The molecule has 2 amide bonds. The van der Waals surface area contributed by atoms with Crippen molar-refractivity contribution in [3.63, 3.8) is 0 Å². The molecule has 1 fully saturated rings. The predicted molar refractivity (Wildman–Crippen MR) is 87.3 cm³/mol. The summed E-state index contributed by atoms with van der Waals surface area (Å²) in [6, 6.07) is 7.28. The van der Waals surface area contributed by atoms with Crippen LogP contribution in [0.15, 0.2) is 24.3 Å². The van der Waals surface area contributed by atoms with Crippen LogP contribution in [-0.4, -0.2) is 49.0 Å². The van der Waals surface area contributed by atoms with Crippen LogP contribution in [0.5, 0.6) is 5.75 Å². The molecule has 2 aliphatic heterocycles. The van der Waals surface area contributed by atoms with E-state index in [2.05, 4.69) is 4.90 Å². The second-order valence-corrected chi connectivity index (χ2v) is 6.17. The largest absolute Gasteiger partial charge is 0.477 e. The normalized spacial score (nSPS) is 21.9. The van der Waals surface area contributed by atoms with Gasteiger partial charge in [-0.2, -0.15) is 0 Å². The Morgan fingerprint density at radius 2 is 1.83 bits per heavy atom. The molecule has 6 nitrogen and oxygen atoms in total. The molecule has 0 saturated carbocycles. The maximum absolute atomic E-state index is 12.8. The zero-order valence-electron chi connectivity index (χ0n) is 13.2. The van der Waals surface area contributed by atoms with Gasteiger partial charge in [0.05, 0.1) is 18.8 Å². The Labute approximate surface area is 136 Å². The van der Waals surface area contributed by atoms with Crippen LogP contribution in [0.3, 0.4) is 0 Å². The lowest BCUT2D eigenvalue weighted by Gasteiger charge is -2.34. The van der Waals surface area contributed by atoms with E-state index in [1.54, 1.807) is 11.0 Å². The zero-order valence-corrected chi connectivity index (χ0v) is 13.2. The fourth-order valence-corrected chi connectivity index (χ4v) is 3.19. The Morgan fingerprint density at radius 3 is 2.52 bits per heavy atom. The highest BCUT2D eigenvalue weighted by molar-refractivity contribution is 5.98. The lowest BCUT2D eigenvalue weighted by molar-refractivity contribution is -0.125. The van der Waals surface area contributed by atoms with E-state index in [0.29, 0.717) is 18.0 Å². The minimum absolute atomic E-state index is 0.00565. The van der Waals surface area contributed by atoms with E-state index in [1.807, 2.05) is 18.2 Å². The number of likely N-dealkylation sites (tertiary alicyclic amines) is 1. The van der Waals surface area contributed by atoms with Crippen molar-refractivity contribution in [2.45, 2.75) is 31.8 Å². The van der Waals surface area contributed by atoms with Gasteiger partial charge in [-0.1, -0.05) is 25.0 Å². The fourth-order valence-electron chi connectivity index (χ4n) is 3.19. The third-order valence-corrected chi connectivity index (χ3v) is 4.45. The van der Waals surface area contributed by atoms with Gasteiger partial charge in [0.25, 0.3) is 5.91 Å². The molecule has 0 aliphatic carbocycles. The highest BCUT2D eigenvalue weighted by Gasteiger charge is 2.33. The summed E-state index contributed by atoms with van der Waals surface area (Å²) in [6.07, 6.45) is 3.94. The first kappa shape index (κ1) is 15.8. The van der Waals surface area contributed by atoms with Crippen molar-refractivity contribution in [1.82, 2.24) is 4.90 Å². The summed E-state index contributed by atoms with van der Waals surface area (Å²) in [4.78, 5) is 28.1. The van der Waals surface area contributed by atoms with Crippen LogP contribution in [0.2, 0.25) is 0 Å². The predicted octanol–water partition coefficient (Wildman–Crippen LogP) is 1.14. The molecular weight excluding hydrogens is 294 g/mol. The molecule has 2 N–H and O–H groups in total. The third kappa shape index (κ3) is 3.64. The summed E-state index contributed by atoms with van der Waals surface area (Å²) in [5.74, 6) is -0.0206. The first-order valence-electron chi connectivity index (χ1n) is 8.23. The van der Waals surface area contributed by atoms with Gasteiger partial charge in [-0.25, -0.2) is 0 Å². The topological polar surface area (TPSA) is 75.9 Å². The van der Waals surface area contributed by atoms with Crippen LogP contribution in [0, 0.1) is 0 Å². The molecule has 6 heteroatoms. The Balaban J connectivity index is 1.76. The average molecular weight is 317 g/mol. The fraction of sp³-hybridized carbons (Fsp3) is 0.529. The quantitative estimate of drug-likeness (QED) is 0.907. The maximum Gasteiger partial charge on any atom is 0.260 e. The van der Waals surface area contributed by atoms with Crippen LogP contribution >= 0.6 is 0 Å². The number of nitrogens with two attached hydrogens (primary N) is 1. The Hall–Kier alpha value is -2.08. The maximum atomic E-state index is 12.8. The van der Waals surface area contributed by atoms with E-state index in [-0.39, 0.29) is 12.5 Å². The van der Waals surface area contributed by atoms with Gasteiger partial charge in [0.1, 0.15) is 5.75 Å². The summed E-state index contributed by atoms with van der Waals surface area (Å²) < 4.78 is 5.60. The van der Waals surface area contributed by atoms with E-state index >= 15 is 0 Å². The monoisotopic (exact) mass is 317 g/mol. The Morgan fingerprint density at radius 1 is 1.13 bits per heavy atom. The van der Waals surface area contributed by atoms with Crippen LogP contribution in [0.25, 0.3) is 0 Å². The summed E-state index contributed by atoms with van der Waals surface area (Å²) in [7, 11) is 0. The number of ether oxygens (including phenoxy) is 1. The van der Waals surface area contributed by atoms with Crippen molar-refractivity contribution < 1.29 is 14.3 Å². The summed E-state index contributed by atoms with van der Waals surface area (Å²) in [5, 5.41) is 0. The first-order valence-corrected chi connectivity index (χ1v) is 8.23. The standard InChI is InChI=1S/C17H23N3O3/c18-17(22)15-11-20(13-7-3-4-8-14(13)23-15)16(21)12-19-9-5-1-2-6-10-19/h3-4,7-8,15H,1-2,5-6,9-12H2,(H2,18,22)/t15-/m1/s1. The van der Waals surface area contributed by atoms with Gasteiger partial charge < -0.3 is 15.4 Å². The molecule has 23 heavy (non-hydrogen) atoms. The van der Waals surface area contributed by atoms with Crippen molar-refractivity contribution in [2.75, 3.05) is 31.1 Å². The molecule has 0 radical (unpaired) electrons. The molecule has 2 heterocycles. The minimum atomic E-state index is -0.794. The average Bonchev–Trinajstić information content (AvgIpc) is 2.82. The van der Waals surface area contributed by atoms with Gasteiger partial charge in [0, 0.05) is 0 Å². The minimum Gasteiger partial charge on any atom is -0.477 e. The van der Waals surface area contributed by atoms with E-state index < -0.39 is 12.0 Å². The van der Waals surface area contributed by atoms with Crippen LogP contribution in [-0.2, 0) is 9.59 Å². The lowest BCUT2D eigenvalue weighted by atomic mass is 10.1. The summed E-state index contributed by atoms with van der Waals surface area (Å²) in [5.41, 5.74) is 6.09. The summed E-state index contributed by atoms with van der Waals surface area (Å²) >= 11 is 0. The van der Waals surface area contributed by atoms with Crippen LogP contribution < -0.4 is 15.4 Å². The SMILES string of the molecule is NC(=O)[C@H]1CN(C(=O)CN2CCCCCC2)c2ccccc2O1. The van der Waals surface area contributed by atoms with Gasteiger partial charge in [0.15, 0.2) is 6.10 Å². The number of carbonyl (C=O) groups excluding carboxylic acids is 2. The van der Waals surface area contributed by atoms with Crippen molar-refractivity contribution in [1.29, 1.82) is 0 Å². The number of hydrogen-bond donors (Lipinski definition) is 1. The van der Waals surface area contributed by atoms with E-state index in [4.69, 9.17) is 10.5 Å². The van der Waals surface area contributed by atoms with Gasteiger partial charge in [-0.15, -0.1) is 0 Å². The second kappa shape index (κ2) is 7.00. The number of anilines is 1. The van der Waals surface area contributed by atoms with Crippen LogP contribution in [0.1, 0.15) is 25.7 Å². The molecule has 0 spiro atoms.